The molecule has 0 saturated carbocycles. The number of nitrogens with zero attached hydrogens (tertiary/aromatic N) is 2. The molecule has 0 spiro atoms. The molecule has 0 fully saturated rings. The van der Waals surface area contributed by atoms with Crippen molar-refractivity contribution >= 4 is 16.9 Å². The number of benzene rings is 1. The van der Waals surface area contributed by atoms with Crippen molar-refractivity contribution in [1.82, 2.24) is 14.8 Å². The number of rotatable bonds is 6. The summed E-state index contributed by atoms with van der Waals surface area (Å²) in [5, 5.41) is 0.956. The van der Waals surface area contributed by atoms with E-state index in [1.807, 2.05) is 51.1 Å². The van der Waals surface area contributed by atoms with Crippen LogP contribution in [0.25, 0.3) is 10.9 Å². The van der Waals surface area contributed by atoms with E-state index >= 15 is 0 Å². The molecule has 3 rings (SSSR count). The summed E-state index contributed by atoms with van der Waals surface area (Å²) in [5.74, 6) is 0.684. The number of pyridine rings is 1. The fourth-order valence-corrected chi connectivity index (χ4v) is 3.17. The van der Waals surface area contributed by atoms with Crippen molar-refractivity contribution in [3.05, 3.63) is 69.9 Å². The van der Waals surface area contributed by atoms with Gasteiger partial charge in [-0.3, -0.25) is 4.79 Å². The van der Waals surface area contributed by atoms with Crippen molar-refractivity contribution in [2.24, 2.45) is 0 Å². The second-order valence-electron chi connectivity index (χ2n) is 6.60. The predicted molar refractivity (Wildman–Crippen MR) is 106 cm³/mol. The van der Waals surface area contributed by atoms with Crippen LogP contribution in [0.2, 0.25) is 0 Å². The molecule has 1 N–H and O–H groups in total. The maximum Gasteiger partial charge on any atom is 0.320 e. The van der Waals surface area contributed by atoms with Crippen molar-refractivity contribution in [2.75, 3.05) is 13.1 Å². The maximum atomic E-state index is 13.0. The molecule has 0 aliphatic heterocycles. The van der Waals surface area contributed by atoms with Gasteiger partial charge >= 0.3 is 6.03 Å². The Hall–Kier alpha value is -3.02. The minimum Gasteiger partial charge on any atom is -0.467 e. The van der Waals surface area contributed by atoms with Crippen LogP contribution in [0.4, 0.5) is 4.79 Å². The Kier molecular flexibility index (Phi) is 5.64. The zero-order valence-electron chi connectivity index (χ0n) is 16.0. The van der Waals surface area contributed by atoms with Crippen LogP contribution in [-0.4, -0.2) is 33.9 Å². The number of fused-ring (bicyclic) bond motifs is 1. The van der Waals surface area contributed by atoms with Crippen LogP contribution in [0.1, 0.15) is 30.7 Å². The molecule has 0 unspecified atom stereocenters. The molecule has 6 nitrogen and oxygen atoms in total. The van der Waals surface area contributed by atoms with E-state index in [1.54, 1.807) is 22.1 Å². The minimum absolute atomic E-state index is 0.111. The van der Waals surface area contributed by atoms with Gasteiger partial charge in [-0.2, -0.15) is 0 Å². The molecule has 0 atom stereocenters. The van der Waals surface area contributed by atoms with Gasteiger partial charge in [0.05, 0.1) is 19.4 Å². The Balaban J connectivity index is 1.95. The number of hydrogen-bond donors (Lipinski definition) is 1. The third-order valence-electron chi connectivity index (χ3n) is 4.67. The van der Waals surface area contributed by atoms with E-state index in [4.69, 9.17) is 4.42 Å². The SMILES string of the molecule is CCN(CC)C(=O)N(Cc1ccco1)Cc1cc2cc(C)ccc2[nH]c1=O. The Morgan fingerprint density at radius 1 is 1.07 bits per heavy atom. The lowest BCUT2D eigenvalue weighted by Gasteiger charge is -2.28. The number of aromatic nitrogens is 1. The first-order valence-corrected chi connectivity index (χ1v) is 9.20. The van der Waals surface area contributed by atoms with E-state index < -0.39 is 0 Å². The molecule has 0 saturated heterocycles. The molecule has 27 heavy (non-hydrogen) atoms. The lowest BCUT2D eigenvalue weighted by molar-refractivity contribution is 0.147. The van der Waals surface area contributed by atoms with Gasteiger partial charge in [0.2, 0.25) is 0 Å². The van der Waals surface area contributed by atoms with Crippen molar-refractivity contribution in [3.63, 3.8) is 0 Å². The number of aryl methyl sites for hydroxylation is 1. The van der Waals surface area contributed by atoms with Crippen LogP contribution in [-0.2, 0) is 13.1 Å². The smallest absolute Gasteiger partial charge is 0.320 e. The zero-order valence-corrected chi connectivity index (χ0v) is 16.0. The van der Waals surface area contributed by atoms with Gasteiger partial charge in [-0.1, -0.05) is 11.6 Å². The van der Waals surface area contributed by atoms with Gasteiger partial charge in [0.1, 0.15) is 5.76 Å². The Morgan fingerprint density at radius 3 is 2.52 bits per heavy atom. The van der Waals surface area contributed by atoms with Gasteiger partial charge in [0.15, 0.2) is 0 Å². The molecule has 6 heteroatoms. The first-order chi connectivity index (χ1) is 13.0. The summed E-state index contributed by atoms with van der Waals surface area (Å²) in [4.78, 5) is 31.8. The number of furan rings is 1. The highest BCUT2D eigenvalue weighted by atomic mass is 16.3. The van der Waals surface area contributed by atoms with Gasteiger partial charge in [0.25, 0.3) is 5.56 Å². The largest absolute Gasteiger partial charge is 0.467 e. The summed E-state index contributed by atoms with van der Waals surface area (Å²) in [6.45, 7) is 7.64. The lowest BCUT2D eigenvalue weighted by atomic mass is 10.1. The molecule has 2 heterocycles. The molecule has 0 aliphatic rings. The second-order valence-corrected chi connectivity index (χ2v) is 6.60. The number of H-pyrrole nitrogens is 1. The van der Waals surface area contributed by atoms with Crippen molar-refractivity contribution in [2.45, 2.75) is 33.9 Å². The fourth-order valence-electron chi connectivity index (χ4n) is 3.17. The van der Waals surface area contributed by atoms with E-state index in [0.717, 1.165) is 16.5 Å². The third-order valence-corrected chi connectivity index (χ3v) is 4.67. The van der Waals surface area contributed by atoms with Gasteiger partial charge < -0.3 is 19.2 Å². The molecule has 3 aromatic rings. The summed E-state index contributed by atoms with van der Waals surface area (Å²) < 4.78 is 5.42. The van der Waals surface area contributed by atoms with E-state index in [0.29, 0.717) is 31.0 Å². The zero-order chi connectivity index (χ0) is 19.4. The van der Waals surface area contributed by atoms with Crippen molar-refractivity contribution in [1.29, 1.82) is 0 Å². The number of urea groups is 1. The molecule has 0 radical (unpaired) electrons. The normalized spacial score (nSPS) is 10.9. The van der Waals surface area contributed by atoms with Gasteiger partial charge in [0, 0.05) is 24.2 Å². The van der Waals surface area contributed by atoms with Gasteiger partial charge in [-0.05, 0) is 56.5 Å². The Labute approximate surface area is 158 Å². The quantitative estimate of drug-likeness (QED) is 0.718. The summed E-state index contributed by atoms with van der Waals surface area (Å²) in [6.07, 6.45) is 1.58. The topological polar surface area (TPSA) is 69.6 Å². The Morgan fingerprint density at radius 2 is 1.85 bits per heavy atom. The molecule has 2 amide bonds. The summed E-state index contributed by atoms with van der Waals surface area (Å²) in [7, 11) is 0. The first-order valence-electron chi connectivity index (χ1n) is 9.20. The number of carbonyl (C=O) groups is 1. The summed E-state index contributed by atoms with van der Waals surface area (Å²) >= 11 is 0. The molecule has 1 aromatic carbocycles. The molecular weight excluding hydrogens is 342 g/mol. The lowest BCUT2D eigenvalue weighted by Crippen LogP contribution is -2.43. The molecular formula is C21H25N3O3. The van der Waals surface area contributed by atoms with Crippen LogP contribution in [0.3, 0.4) is 0 Å². The number of carbonyl (C=O) groups excluding carboxylic acids is 1. The Bertz CT molecular complexity index is 972. The number of hydrogen-bond acceptors (Lipinski definition) is 3. The fraction of sp³-hybridized carbons (Fsp3) is 0.333. The number of amides is 2. The molecule has 0 aliphatic carbocycles. The van der Waals surface area contributed by atoms with E-state index in [1.165, 1.54) is 0 Å². The van der Waals surface area contributed by atoms with Crippen LogP contribution in [0, 0.1) is 6.92 Å². The standard InChI is InChI=1S/C21H25N3O3/c1-4-23(5-2)21(26)24(14-18-7-6-10-27-18)13-17-12-16-11-15(3)8-9-19(16)22-20(17)25/h6-12H,4-5,13-14H2,1-3H3,(H,22,25). The second kappa shape index (κ2) is 8.12. The molecule has 142 valence electrons. The number of nitrogens with one attached hydrogen (secondary N) is 1. The van der Waals surface area contributed by atoms with Gasteiger partial charge in [-0.15, -0.1) is 0 Å². The average Bonchev–Trinajstić information content (AvgIpc) is 3.16. The van der Waals surface area contributed by atoms with Crippen LogP contribution >= 0.6 is 0 Å². The van der Waals surface area contributed by atoms with E-state index in [2.05, 4.69) is 4.98 Å². The van der Waals surface area contributed by atoms with Crippen molar-refractivity contribution < 1.29 is 9.21 Å². The average molecular weight is 367 g/mol. The first kappa shape index (κ1) is 18.8. The van der Waals surface area contributed by atoms with E-state index in [-0.39, 0.29) is 18.1 Å². The highest BCUT2D eigenvalue weighted by Gasteiger charge is 2.21. The minimum atomic E-state index is -0.178. The van der Waals surface area contributed by atoms with E-state index in [9.17, 15) is 9.59 Å². The summed E-state index contributed by atoms with van der Waals surface area (Å²) in [5.41, 5.74) is 2.29. The van der Waals surface area contributed by atoms with Crippen LogP contribution < -0.4 is 5.56 Å². The number of aromatic amines is 1. The van der Waals surface area contributed by atoms with Crippen LogP contribution in [0.5, 0.6) is 0 Å². The summed E-state index contributed by atoms with van der Waals surface area (Å²) in [6, 6.07) is 11.3. The maximum absolute atomic E-state index is 13.0. The van der Waals surface area contributed by atoms with Gasteiger partial charge in [-0.25, -0.2) is 4.79 Å². The predicted octanol–water partition coefficient (Wildman–Crippen LogP) is 3.89. The van der Waals surface area contributed by atoms with Crippen LogP contribution in [0.15, 0.2) is 51.9 Å². The highest BCUT2D eigenvalue weighted by Crippen LogP contribution is 2.16. The highest BCUT2D eigenvalue weighted by molar-refractivity contribution is 5.80. The molecule has 2 aromatic heterocycles. The monoisotopic (exact) mass is 367 g/mol. The van der Waals surface area contributed by atoms with Crippen molar-refractivity contribution in [3.8, 4) is 0 Å². The third kappa shape index (κ3) is 4.22. The molecule has 0 bridgehead atoms.